The average Bonchev–Trinajstić information content (AvgIpc) is 3.10. The van der Waals surface area contributed by atoms with E-state index in [2.05, 4.69) is 74.6 Å². The summed E-state index contributed by atoms with van der Waals surface area (Å²) in [6, 6.07) is 0. The van der Waals surface area contributed by atoms with Crippen LogP contribution in [0.1, 0.15) is 213 Å². The fraction of sp³-hybridized carbons (Fsp3) is 0.739. The summed E-state index contributed by atoms with van der Waals surface area (Å²) in [4.78, 5) is 23.4. The number of esters is 1. The van der Waals surface area contributed by atoms with Gasteiger partial charge in [0, 0.05) is 12.8 Å². The van der Waals surface area contributed by atoms with Crippen LogP contribution >= 0.6 is 0 Å². The van der Waals surface area contributed by atoms with E-state index >= 15 is 0 Å². The Labute approximate surface area is 310 Å². The number of carboxylic acid groups (broad SMARTS) is 1. The molecule has 0 aliphatic rings. The predicted molar refractivity (Wildman–Crippen MR) is 218 cm³/mol. The Morgan fingerprint density at radius 1 is 0.460 bits per heavy atom. The Balaban J connectivity index is 4.12. The minimum absolute atomic E-state index is 0.0128. The molecule has 0 spiro atoms. The van der Waals surface area contributed by atoms with Gasteiger partial charge < -0.3 is 9.84 Å². The third-order valence-corrected chi connectivity index (χ3v) is 9.22. The molecule has 4 nitrogen and oxygen atoms in total. The summed E-state index contributed by atoms with van der Waals surface area (Å²) in [6.07, 6.45) is 56.7. The lowest BCUT2D eigenvalue weighted by atomic mass is 10.0. The summed E-state index contributed by atoms with van der Waals surface area (Å²) < 4.78 is 6.00. The van der Waals surface area contributed by atoms with E-state index in [0.29, 0.717) is 6.42 Å². The van der Waals surface area contributed by atoms with E-state index in [4.69, 9.17) is 9.84 Å². The number of aliphatic carboxylic acids is 1. The molecule has 0 saturated carbocycles. The second-order valence-corrected chi connectivity index (χ2v) is 14.1. The number of hydrogen-bond acceptors (Lipinski definition) is 3. The molecule has 0 aromatic rings. The monoisotopic (exact) mass is 697 g/mol. The highest BCUT2D eigenvalue weighted by Crippen LogP contribution is 2.18. The topological polar surface area (TPSA) is 63.6 Å². The number of carbonyl (C=O) groups is 2. The largest absolute Gasteiger partial charge is 0.481 e. The van der Waals surface area contributed by atoms with Gasteiger partial charge in [0.15, 0.2) is 0 Å². The Morgan fingerprint density at radius 2 is 0.840 bits per heavy atom. The Kier molecular flexibility index (Phi) is 39.1. The third kappa shape index (κ3) is 40.1. The van der Waals surface area contributed by atoms with Crippen molar-refractivity contribution < 1.29 is 19.4 Å². The molecule has 0 fully saturated rings. The van der Waals surface area contributed by atoms with Crippen molar-refractivity contribution in [1.82, 2.24) is 0 Å². The highest BCUT2D eigenvalue weighted by Gasteiger charge is 2.14. The van der Waals surface area contributed by atoms with E-state index in [9.17, 15) is 9.59 Å². The molecule has 0 saturated heterocycles. The first kappa shape index (κ1) is 47.6. The molecule has 0 amide bonds. The second kappa shape index (κ2) is 41.1. The van der Waals surface area contributed by atoms with Crippen molar-refractivity contribution in [2.45, 2.75) is 219 Å². The molecule has 0 aromatic carbocycles. The van der Waals surface area contributed by atoms with Gasteiger partial charge in [-0.25, -0.2) is 0 Å². The molecule has 0 aliphatic heterocycles. The van der Waals surface area contributed by atoms with Crippen molar-refractivity contribution in [2.24, 2.45) is 0 Å². The van der Waals surface area contributed by atoms with Crippen LogP contribution in [0.25, 0.3) is 0 Å². The normalized spacial score (nSPS) is 12.8. The van der Waals surface area contributed by atoms with Gasteiger partial charge in [0.05, 0.1) is 0 Å². The fourth-order valence-electron chi connectivity index (χ4n) is 6.11. The average molecular weight is 697 g/mol. The molecule has 1 unspecified atom stereocenters. The number of hydrogen-bond donors (Lipinski definition) is 1. The molecular formula is C46H80O4. The maximum atomic E-state index is 12.7. The van der Waals surface area contributed by atoms with Gasteiger partial charge in [-0.2, -0.15) is 0 Å². The van der Waals surface area contributed by atoms with Crippen LogP contribution in [-0.4, -0.2) is 23.1 Å². The number of allylic oxidation sites excluding steroid dienone is 10. The number of carbonyl (C=O) groups excluding carboxylic acids is 1. The molecule has 0 aliphatic carbocycles. The van der Waals surface area contributed by atoms with Crippen LogP contribution in [0.15, 0.2) is 60.8 Å². The van der Waals surface area contributed by atoms with Crippen LogP contribution < -0.4 is 0 Å². The van der Waals surface area contributed by atoms with Crippen LogP contribution in [0.3, 0.4) is 0 Å². The zero-order chi connectivity index (χ0) is 36.4. The molecule has 0 aromatic heterocycles. The molecule has 0 bridgehead atoms. The molecule has 4 heteroatoms. The first-order chi connectivity index (χ1) is 24.6. The highest BCUT2D eigenvalue weighted by molar-refractivity contribution is 5.69. The van der Waals surface area contributed by atoms with Crippen molar-refractivity contribution in [3.05, 3.63) is 60.8 Å². The Bertz CT molecular complexity index is 881. The lowest BCUT2D eigenvalue weighted by Gasteiger charge is -2.18. The fourth-order valence-corrected chi connectivity index (χ4v) is 6.11. The molecule has 0 heterocycles. The van der Waals surface area contributed by atoms with Gasteiger partial charge in [-0.3, -0.25) is 9.59 Å². The summed E-state index contributed by atoms with van der Waals surface area (Å²) in [5, 5.41) is 8.84. The molecule has 0 radical (unpaired) electrons. The van der Waals surface area contributed by atoms with Crippen molar-refractivity contribution in [2.75, 3.05) is 0 Å². The van der Waals surface area contributed by atoms with Gasteiger partial charge in [0.25, 0.3) is 0 Å². The van der Waals surface area contributed by atoms with E-state index in [-0.39, 0.29) is 18.5 Å². The summed E-state index contributed by atoms with van der Waals surface area (Å²) in [5.74, 6) is -0.734. The minimum Gasteiger partial charge on any atom is -0.481 e. The van der Waals surface area contributed by atoms with Crippen molar-refractivity contribution in [1.29, 1.82) is 0 Å². The smallest absolute Gasteiger partial charge is 0.306 e. The first-order valence-corrected chi connectivity index (χ1v) is 21.3. The third-order valence-electron chi connectivity index (χ3n) is 9.22. The highest BCUT2D eigenvalue weighted by atomic mass is 16.5. The van der Waals surface area contributed by atoms with Crippen LogP contribution in [0, 0.1) is 0 Å². The van der Waals surface area contributed by atoms with Gasteiger partial charge in [0.1, 0.15) is 6.10 Å². The van der Waals surface area contributed by atoms with Gasteiger partial charge in [0.2, 0.25) is 0 Å². The lowest BCUT2D eigenvalue weighted by Crippen LogP contribution is -2.18. The van der Waals surface area contributed by atoms with Crippen molar-refractivity contribution in [3.63, 3.8) is 0 Å². The first-order valence-electron chi connectivity index (χ1n) is 21.3. The Hall–Kier alpha value is -2.36. The summed E-state index contributed by atoms with van der Waals surface area (Å²) in [7, 11) is 0. The molecule has 288 valence electrons. The standard InChI is InChI=1S/C46H80O4/c1-3-5-7-9-11-13-15-17-19-20-22-24-26-28-30-35-39-43-46(49)50-44(41-37-33-31-34-38-42-45(47)48)40-36-32-29-27-25-23-21-18-16-14-12-10-8-6-4-2/h6,8,12,14,17-19,21,25,27,44H,3-5,7,9-11,13,15-16,20,22-24,26,28-43H2,1-2H3,(H,47,48)/b8-6-,14-12-,19-17-,21-18-,27-25-. The predicted octanol–water partition coefficient (Wildman–Crippen LogP) is 14.9. The number of ether oxygens (including phenoxy) is 1. The van der Waals surface area contributed by atoms with E-state index in [0.717, 1.165) is 103 Å². The molecule has 1 N–H and O–H groups in total. The SMILES string of the molecule is CC/C=C\C/C=C\C/C=C\C/C=C\CCCCC(CCCCCCCC(=O)O)OC(=O)CCCCCCCCC/C=C\CCCCCCCC. The summed E-state index contributed by atoms with van der Waals surface area (Å²) in [5.41, 5.74) is 0. The van der Waals surface area contributed by atoms with Crippen LogP contribution in [0.5, 0.6) is 0 Å². The van der Waals surface area contributed by atoms with E-state index in [1.54, 1.807) is 0 Å². The molecular weight excluding hydrogens is 617 g/mol. The molecule has 50 heavy (non-hydrogen) atoms. The summed E-state index contributed by atoms with van der Waals surface area (Å²) in [6.45, 7) is 4.43. The minimum atomic E-state index is -0.709. The van der Waals surface area contributed by atoms with Gasteiger partial charge in [-0.1, -0.05) is 158 Å². The number of unbranched alkanes of at least 4 members (excludes halogenated alkanes) is 19. The quantitative estimate of drug-likeness (QED) is 0.0396. The van der Waals surface area contributed by atoms with Gasteiger partial charge >= 0.3 is 11.9 Å². The van der Waals surface area contributed by atoms with Crippen LogP contribution in [0.2, 0.25) is 0 Å². The zero-order valence-corrected chi connectivity index (χ0v) is 32.9. The van der Waals surface area contributed by atoms with Gasteiger partial charge in [-0.15, -0.1) is 0 Å². The van der Waals surface area contributed by atoms with Gasteiger partial charge in [-0.05, 0) is 103 Å². The summed E-state index contributed by atoms with van der Waals surface area (Å²) >= 11 is 0. The zero-order valence-electron chi connectivity index (χ0n) is 32.9. The second-order valence-electron chi connectivity index (χ2n) is 14.1. The number of carboxylic acids is 1. The van der Waals surface area contributed by atoms with Crippen molar-refractivity contribution >= 4 is 11.9 Å². The maximum Gasteiger partial charge on any atom is 0.306 e. The van der Waals surface area contributed by atoms with Crippen LogP contribution in [-0.2, 0) is 14.3 Å². The Morgan fingerprint density at radius 3 is 1.36 bits per heavy atom. The van der Waals surface area contributed by atoms with E-state index in [1.807, 2.05) is 0 Å². The maximum absolute atomic E-state index is 12.7. The van der Waals surface area contributed by atoms with E-state index < -0.39 is 5.97 Å². The van der Waals surface area contributed by atoms with E-state index in [1.165, 1.54) is 83.5 Å². The molecule has 0 rings (SSSR count). The lowest BCUT2D eigenvalue weighted by molar-refractivity contribution is -0.150. The molecule has 1 atom stereocenters. The van der Waals surface area contributed by atoms with Crippen LogP contribution in [0.4, 0.5) is 0 Å². The van der Waals surface area contributed by atoms with Crippen molar-refractivity contribution in [3.8, 4) is 0 Å². The number of rotatable bonds is 38.